The number of nitrogens with one attached hydrogen (secondary N) is 1. The summed E-state index contributed by atoms with van der Waals surface area (Å²) in [6, 6.07) is 4.73. The van der Waals surface area contributed by atoms with Crippen molar-refractivity contribution in [3.05, 3.63) is 53.5 Å². The van der Waals surface area contributed by atoms with Crippen LogP contribution in [0.2, 0.25) is 0 Å². The number of ether oxygens (including phenoxy) is 1. The van der Waals surface area contributed by atoms with Gasteiger partial charge < -0.3 is 19.6 Å². The minimum absolute atomic E-state index is 0.0258. The number of carbonyl (C=O) groups is 2. The summed E-state index contributed by atoms with van der Waals surface area (Å²) in [4.78, 5) is 26.1. The number of furan rings is 1. The standard InChI is InChI=1S/C24H26F6N2O5/c1-3-7-15-14-16(22(35,23(25,26)27)24(28,29)30)9-10-17(15)36-12-5-4-11-32-19(33)21(2,31-20(32)34)18-8-6-13-37-18/h6,8-10,13-14,35H,3-5,7,11-12H2,1-2H3,(H,31,34). The van der Waals surface area contributed by atoms with Crippen molar-refractivity contribution in [3.8, 4) is 5.75 Å². The Bertz CT molecular complexity index is 1100. The molecule has 204 valence electrons. The first-order valence-corrected chi connectivity index (χ1v) is 11.5. The number of urea groups is 1. The van der Waals surface area contributed by atoms with Gasteiger partial charge in [-0.05, 0) is 56.0 Å². The molecule has 2 heterocycles. The number of unbranched alkanes of at least 4 members (excludes halogenated alkanes) is 1. The highest BCUT2D eigenvalue weighted by Crippen LogP contribution is 2.50. The van der Waals surface area contributed by atoms with E-state index >= 15 is 0 Å². The van der Waals surface area contributed by atoms with E-state index in [4.69, 9.17) is 9.15 Å². The zero-order chi connectivity index (χ0) is 27.6. The first kappa shape index (κ1) is 28.4. The second-order valence-corrected chi connectivity index (χ2v) is 8.82. The average Bonchev–Trinajstić information content (AvgIpc) is 3.41. The van der Waals surface area contributed by atoms with Crippen molar-refractivity contribution in [3.63, 3.8) is 0 Å². The molecule has 3 amide bonds. The summed E-state index contributed by atoms with van der Waals surface area (Å²) in [7, 11) is 0. The molecule has 37 heavy (non-hydrogen) atoms. The number of carbonyl (C=O) groups excluding carboxylic acids is 2. The Balaban J connectivity index is 1.64. The third-order valence-electron chi connectivity index (χ3n) is 6.14. The van der Waals surface area contributed by atoms with Gasteiger partial charge in [-0.15, -0.1) is 0 Å². The summed E-state index contributed by atoms with van der Waals surface area (Å²) in [5.41, 5.74) is -7.62. The molecule has 0 bridgehead atoms. The monoisotopic (exact) mass is 536 g/mol. The van der Waals surface area contributed by atoms with E-state index in [9.17, 15) is 41.0 Å². The van der Waals surface area contributed by atoms with Crippen LogP contribution in [0.15, 0.2) is 41.0 Å². The lowest BCUT2D eigenvalue weighted by atomic mass is 9.90. The van der Waals surface area contributed by atoms with Gasteiger partial charge in [0.15, 0.2) is 5.54 Å². The second kappa shape index (κ2) is 10.3. The molecule has 7 nitrogen and oxygen atoms in total. The van der Waals surface area contributed by atoms with Crippen LogP contribution < -0.4 is 10.1 Å². The SMILES string of the molecule is CCCc1cc(C(O)(C(F)(F)F)C(F)(F)F)ccc1OCCCCN1C(=O)NC(C)(c2ccco2)C1=O. The van der Waals surface area contributed by atoms with Gasteiger partial charge in [0.2, 0.25) is 0 Å². The van der Waals surface area contributed by atoms with Crippen LogP contribution in [-0.2, 0) is 22.4 Å². The average molecular weight is 536 g/mol. The van der Waals surface area contributed by atoms with Crippen molar-refractivity contribution in [2.75, 3.05) is 13.2 Å². The van der Waals surface area contributed by atoms with Crippen LogP contribution in [0.1, 0.15) is 50.0 Å². The van der Waals surface area contributed by atoms with E-state index in [0.29, 0.717) is 31.4 Å². The largest absolute Gasteiger partial charge is 0.493 e. The van der Waals surface area contributed by atoms with E-state index in [2.05, 4.69) is 5.32 Å². The summed E-state index contributed by atoms with van der Waals surface area (Å²) in [5, 5.41) is 12.3. The van der Waals surface area contributed by atoms with E-state index < -0.39 is 41.0 Å². The van der Waals surface area contributed by atoms with E-state index in [-0.39, 0.29) is 36.6 Å². The molecule has 2 aromatic rings. The molecule has 1 aliphatic heterocycles. The maximum atomic E-state index is 13.2. The molecule has 13 heteroatoms. The number of aliphatic hydroxyl groups is 1. The topological polar surface area (TPSA) is 92.0 Å². The fourth-order valence-electron chi connectivity index (χ4n) is 4.08. The number of aryl methyl sites for hydroxylation is 1. The maximum Gasteiger partial charge on any atom is 0.430 e. The van der Waals surface area contributed by atoms with Crippen molar-refractivity contribution in [2.45, 2.75) is 63.0 Å². The van der Waals surface area contributed by atoms with Crippen molar-refractivity contribution >= 4 is 11.9 Å². The van der Waals surface area contributed by atoms with Crippen LogP contribution in [0.4, 0.5) is 31.1 Å². The zero-order valence-corrected chi connectivity index (χ0v) is 20.0. The first-order chi connectivity index (χ1) is 17.2. The molecule has 1 aliphatic rings. The number of nitrogens with zero attached hydrogens (tertiary/aromatic N) is 1. The van der Waals surface area contributed by atoms with Gasteiger partial charge in [-0.2, -0.15) is 26.3 Å². The van der Waals surface area contributed by atoms with Crippen molar-refractivity contribution in [1.82, 2.24) is 10.2 Å². The molecular formula is C24H26F6N2O5. The molecule has 1 aromatic heterocycles. The van der Waals surface area contributed by atoms with Gasteiger partial charge in [0, 0.05) is 12.1 Å². The van der Waals surface area contributed by atoms with Gasteiger partial charge in [-0.3, -0.25) is 9.69 Å². The molecule has 1 unspecified atom stereocenters. The van der Waals surface area contributed by atoms with Crippen molar-refractivity contribution in [1.29, 1.82) is 0 Å². The summed E-state index contributed by atoms with van der Waals surface area (Å²) in [6.07, 6.45) is -9.41. The van der Waals surface area contributed by atoms with Crippen LogP contribution in [-0.4, -0.2) is 47.4 Å². The summed E-state index contributed by atoms with van der Waals surface area (Å²) >= 11 is 0. The first-order valence-electron chi connectivity index (χ1n) is 11.5. The molecule has 3 rings (SSSR count). The number of hydrogen-bond acceptors (Lipinski definition) is 5. The van der Waals surface area contributed by atoms with Gasteiger partial charge in [0.05, 0.1) is 12.9 Å². The molecule has 2 N–H and O–H groups in total. The van der Waals surface area contributed by atoms with E-state index in [0.717, 1.165) is 11.0 Å². The smallest absolute Gasteiger partial charge is 0.430 e. The molecule has 1 saturated heterocycles. The van der Waals surface area contributed by atoms with Crippen LogP contribution in [0.25, 0.3) is 0 Å². The number of imide groups is 1. The quantitative estimate of drug-likeness (QED) is 0.248. The molecule has 0 radical (unpaired) electrons. The number of alkyl halides is 6. The minimum atomic E-state index is -5.98. The van der Waals surface area contributed by atoms with Crippen molar-refractivity contribution in [2.24, 2.45) is 0 Å². The molecule has 0 spiro atoms. The van der Waals surface area contributed by atoms with Gasteiger partial charge in [-0.1, -0.05) is 19.4 Å². The number of hydrogen-bond donors (Lipinski definition) is 2. The predicted molar refractivity (Wildman–Crippen MR) is 117 cm³/mol. The summed E-state index contributed by atoms with van der Waals surface area (Å²) in [6.45, 7) is 3.30. The molecule has 1 fully saturated rings. The Hall–Kier alpha value is -3.22. The number of amides is 3. The van der Waals surface area contributed by atoms with Gasteiger partial charge >= 0.3 is 18.4 Å². The highest BCUT2D eigenvalue weighted by Gasteiger charge is 2.71. The van der Waals surface area contributed by atoms with Crippen LogP contribution in [0.3, 0.4) is 0 Å². The molecule has 0 aliphatic carbocycles. The summed E-state index contributed by atoms with van der Waals surface area (Å²) < 4.78 is 90.3. The lowest BCUT2D eigenvalue weighted by Crippen LogP contribution is -2.53. The molecule has 1 atom stereocenters. The van der Waals surface area contributed by atoms with Gasteiger partial charge in [0.1, 0.15) is 11.5 Å². The number of halogens is 6. The Morgan fingerprint density at radius 3 is 2.32 bits per heavy atom. The number of benzene rings is 1. The van der Waals surface area contributed by atoms with Crippen molar-refractivity contribution < 1.29 is 50.2 Å². The second-order valence-electron chi connectivity index (χ2n) is 8.82. The third-order valence-corrected chi connectivity index (χ3v) is 6.14. The fourth-order valence-corrected chi connectivity index (χ4v) is 4.08. The van der Waals surface area contributed by atoms with Crippen LogP contribution in [0, 0.1) is 0 Å². The maximum absolute atomic E-state index is 13.2. The predicted octanol–water partition coefficient (Wildman–Crippen LogP) is 5.17. The normalized spacial score (nSPS) is 18.9. The molecule has 0 saturated carbocycles. The Kier molecular flexibility index (Phi) is 7.87. The lowest BCUT2D eigenvalue weighted by molar-refractivity contribution is -0.376. The van der Waals surface area contributed by atoms with Gasteiger partial charge in [0.25, 0.3) is 11.5 Å². The molecular weight excluding hydrogens is 510 g/mol. The Morgan fingerprint density at radius 2 is 1.76 bits per heavy atom. The Labute approximate surface area is 208 Å². The zero-order valence-electron chi connectivity index (χ0n) is 20.0. The van der Waals surface area contributed by atoms with E-state index in [1.165, 1.54) is 13.2 Å². The van der Waals surface area contributed by atoms with Crippen LogP contribution in [0.5, 0.6) is 5.75 Å². The van der Waals surface area contributed by atoms with E-state index in [1.54, 1.807) is 19.1 Å². The Morgan fingerprint density at radius 1 is 1.08 bits per heavy atom. The van der Waals surface area contributed by atoms with E-state index in [1.807, 2.05) is 0 Å². The molecule has 1 aromatic carbocycles. The van der Waals surface area contributed by atoms with Gasteiger partial charge in [-0.25, -0.2) is 4.79 Å². The highest BCUT2D eigenvalue weighted by atomic mass is 19.4. The number of rotatable bonds is 10. The third kappa shape index (κ3) is 5.27. The van der Waals surface area contributed by atoms with Crippen LogP contribution >= 0.6 is 0 Å². The fraction of sp³-hybridized carbons (Fsp3) is 0.500. The summed E-state index contributed by atoms with van der Waals surface area (Å²) in [5.74, 6) is -0.125. The highest BCUT2D eigenvalue weighted by molar-refractivity contribution is 6.06. The lowest BCUT2D eigenvalue weighted by Gasteiger charge is -2.33. The minimum Gasteiger partial charge on any atom is -0.493 e.